The van der Waals surface area contributed by atoms with Gasteiger partial charge in [-0.05, 0) is 24.0 Å². The van der Waals surface area contributed by atoms with Crippen molar-refractivity contribution in [2.24, 2.45) is 0 Å². The third-order valence-corrected chi connectivity index (χ3v) is 3.85. The molecule has 1 heterocycles. The molecule has 0 aromatic heterocycles. The van der Waals surface area contributed by atoms with Crippen LogP contribution >= 0.6 is 0 Å². The van der Waals surface area contributed by atoms with Crippen molar-refractivity contribution < 1.29 is 14.8 Å². The number of nitrogens with two attached hydrogens (primary N) is 1. The van der Waals surface area contributed by atoms with Gasteiger partial charge in [0.15, 0.2) is 6.61 Å². The Kier molecular flexibility index (Phi) is 4.88. The predicted molar refractivity (Wildman–Crippen MR) is 83.6 cm³/mol. The Bertz CT molecular complexity index is 500. The molecule has 21 heavy (non-hydrogen) atoms. The molecule has 1 fully saturated rings. The molecule has 1 amide bonds. The van der Waals surface area contributed by atoms with E-state index in [1.807, 2.05) is 17.0 Å². The van der Waals surface area contributed by atoms with Crippen molar-refractivity contribution in [3.8, 4) is 5.75 Å². The lowest BCUT2D eigenvalue weighted by Gasteiger charge is -2.26. The summed E-state index contributed by atoms with van der Waals surface area (Å²) in [5, 5.41) is 2.24. The van der Waals surface area contributed by atoms with Gasteiger partial charge >= 0.3 is 0 Å². The number of hydrogen-bond acceptors (Lipinski definition) is 2. The van der Waals surface area contributed by atoms with Crippen LogP contribution in [0.15, 0.2) is 18.2 Å². The highest BCUT2D eigenvalue weighted by molar-refractivity contribution is 5.77. The number of hydrogen-bond donors (Lipinski definition) is 1. The van der Waals surface area contributed by atoms with Crippen LogP contribution in [0.2, 0.25) is 0 Å². The zero-order valence-electron chi connectivity index (χ0n) is 13.6. The van der Waals surface area contributed by atoms with Crippen LogP contribution in [0, 0.1) is 6.92 Å². The Hall–Kier alpha value is -1.55. The van der Waals surface area contributed by atoms with Crippen LogP contribution in [0.1, 0.15) is 31.9 Å². The van der Waals surface area contributed by atoms with E-state index in [2.05, 4.69) is 39.1 Å². The summed E-state index contributed by atoms with van der Waals surface area (Å²) in [6.45, 7) is 12.3. The van der Waals surface area contributed by atoms with E-state index < -0.39 is 0 Å². The summed E-state index contributed by atoms with van der Waals surface area (Å²) >= 11 is 0. The van der Waals surface area contributed by atoms with Gasteiger partial charge in [-0.25, -0.2) is 0 Å². The molecule has 4 nitrogen and oxygen atoms in total. The summed E-state index contributed by atoms with van der Waals surface area (Å²) in [6.07, 6.45) is 0. The maximum Gasteiger partial charge on any atom is 0.260 e. The fourth-order valence-electron chi connectivity index (χ4n) is 2.59. The first-order valence-corrected chi connectivity index (χ1v) is 7.71. The third-order valence-electron chi connectivity index (χ3n) is 3.85. The van der Waals surface area contributed by atoms with Crippen molar-refractivity contribution in [1.29, 1.82) is 0 Å². The minimum atomic E-state index is 0.00445. The first-order valence-electron chi connectivity index (χ1n) is 7.71. The van der Waals surface area contributed by atoms with E-state index in [0.717, 1.165) is 37.5 Å². The van der Waals surface area contributed by atoms with E-state index in [9.17, 15) is 4.79 Å². The Balaban J connectivity index is 2.04. The maximum absolute atomic E-state index is 12.2. The van der Waals surface area contributed by atoms with Gasteiger partial charge in [0.2, 0.25) is 0 Å². The van der Waals surface area contributed by atoms with Crippen molar-refractivity contribution in [2.45, 2.75) is 33.1 Å². The predicted octanol–water partition coefficient (Wildman–Crippen LogP) is 1.08. The summed E-state index contributed by atoms with van der Waals surface area (Å²) < 4.78 is 5.83. The Labute approximate surface area is 127 Å². The lowest BCUT2D eigenvalue weighted by molar-refractivity contribution is -0.662. The van der Waals surface area contributed by atoms with Gasteiger partial charge in [-0.15, -0.1) is 0 Å². The smallest absolute Gasteiger partial charge is 0.260 e. The molecule has 116 valence electrons. The minimum Gasteiger partial charge on any atom is -0.483 e. The molecule has 1 aliphatic rings. The number of ether oxygens (including phenoxy) is 1. The molecule has 1 aromatic carbocycles. The lowest BCUT2D eigenvalue weighted by atomic mass is 9.85. The van der Waals surface area contributed by atoms with Crippen molar-refractivity contribution in [3.05, 3.63) is 29.3 Å². The van der Waals surface area contributed by atoms with Gasteiger partial charge in [-0.3, -0.25) is 4.79 Å². The van der Waals surface area contributed by atoms with Gasteiger partial charge in [0.05, 0.1) is 26.2 Å². The highest BCUT2D eigenvalue weighted by Gasteiger charge is 2.22. The second-order valence-corrected chi connectivity index (χ2v) is 6.79. The fraction of sp³-hybridized carbons (Fsp3) is 0.588. The maximum atomic E-state index is 12.2. The molecule has 1 aromatic rings. The quantitative estimate of drug-likeness (QED) is 0.906. The number of piperazine rings is 1. The zero-order chi connectivity index (χ0) is 15.5. The number of aryl methyl sites for hydroxylation is 1. The molecule has 0 radical (unpaired) electrons. The Morgan fingerprint density at radius 1 is 1.29 bits per heavy atom. The summed E-state index contributed by atoms with van der Waals surface area (Å²) in [5.41, 5.74) is 2.37. The molecule has 0 saturated carbocycles. The zero-order valence-corrected chi connectivity index (χ0v) is 13.6. The first-order chi connectivity index (χ1) is 9.88. The van der Waals surface area contributed by atoms with Crippen molar-refractivity contribution >= 4 is 5.91 Å². The summed E-state index contributed by atoms with van der Waals surface area (Å²) in [7, 11) is 0. The highest BCUT2D eigenvalue weighted by atomic mass is 16.5. The molecule has 1 aliphatic heterocycles. The molecule has 0 bridgehead atoms. The van der Waals surface area contributed by atoms with Crippen LogP contribution in [-0.2, 0) is 10.2 Å². The first kappa shape index (κ1) is 15.8. The number of quaternary nitrogens is 1. The number of carbonyl (C=O) groups is 1. The number of carbonyl (C=O) groups excluding carboxylic acids is 1. The molecule has 0 aliphatic carbocycles. The van der Waals surface area contributed by atoms with Gasteiger partial charge in [0.1, 0.15) is 5.75 Å². The molecule has 0 atom stereocenters. The van der Waals surface area contributed by atoms with Crippen molar-refractivity contribution in [2.75, 3.05) is 32.8 Å². The SMILES string of the molecule is Cc1ccc(OCC(=O)N2CC[NH2+]CC2)c(C(C)(C)C)c1. The van der Waals surface area contributed by atoms with E-state index >= 15 is 0 Å². The van der Waals surface area contributed by atoms with Gasteiger partial charge < -0.3 is 15.0 Å². The molecule has 2 rings (SSSR count). The lowest BCUT2D eigenvalue weighted by Crippen LogP contribution is -2.90. The van der Waals surface area contributed by atoms with E-state index in [1.54, 1.807) is 0 Å². The monoisotopic (exact) mass is 291 g/mol. The van der Waals surface area contributed by atoms with Gasteiger partial charge in [0, 0.05) is 0 Å². The topological polar surface area (TPSA) is 46.1 Å². The van der Waals surface area contributed by atoms with Gasteiger partial charge in [-0.2, -0.15) is 0 Å². The number of nitrogens with zero attached hydrogens (tertiary/aromatic N) is 1. The average molecular weight is 291 g/mol. The molecule has 1 saturated heterocycles. The summed E-state index contributed by atoms with van der Waals surface area (Å²) in [4.78, 5) is 14.1. The number of rotatable bonds is 3. The molecule has 2 N–H and O–H groups in total. The standard InChI is InChI=1S/C17H26N2O2/c1-13-5-6-15(14(11-13)17(2,3)4)21-12-16(20)19-9-7-18-8-10-19/h5-6,11,18H,7-10,12H2,1-4H3/p+1. The summed E-state index contributed by atoms with van der Waals surface area (Å²) in [5.74, 6) is 0.911. The molecular weight excluding hydrogens is 264 g/mol. The van der Waals surface area contributed by atoms with E-state index in [4.69, 9.17) is 4.74 Å². The second kappa shape index (κ2) is 6.48. The van der Waals surface area contributed by atoms with Crippen LogP contribution in [0.5, 0.6) is 5.75 Å². The van der Waals surface area contributed by atoms with Gasteiger partial charge in [-0.1, -0.05) is 38.5 Å². The van der Waals surface area contributed by atoms with Crippen LogP contribution in [0.3, 0.4) is 0 Å². The van der Waals surface area contributed by atoms with Crippen LogP contribution in [-0.4, -0.2) is 43.6 Å². The minimum absolute atomic E-state index is 0.00445. The third kappa shape index (κ3) is 4.21. The molecular formula is C17H27N2O2+. The number of benzene rings is 1. The van der Waals surface area contributed by atoms with Crippen molar-refractivity contribution in [1.82, 2.24) is 4.90 Å². The van der Waals surface area contributed by atoms with E-state index in [1.165, 1.54) is 5.56 Å². The Morgan fingerprint density at radius 3 is 2.57 bits per heavy atom. The highest BCUT2D eigenvalue weighted by Crippen LogP contribution is 2.32. The van der Waals surface area contributed by atoms with Gasteiger partial charge in [0.25, 0.3) is 5.91 Å². The van der Waals surface area contributed by atoms with E-state index in [0.29, 0.717) is 0 Å². The number of amides is 1. The summed E-state index contributed by atoms with van der Waals surface area (Å²) in [6, 6.07) is 6.16. The second-order valence-electron chi connectivity index (χ2n) is 6.79. The molecule has 4 heteroatoms. The largest absolute Gasteiger partial charge is 0.483 e. The molecule has 0 unspecified atom stereocenters. The van der Waals surface area contributed by atoms with E-state index in [-0.39, 0.29) is 17.9 Å². The normalized spacial score (nSPS) is 15.9. The van der Waals surface area contributed by atoms with Crippen LogP contribution in [0.4, 0.5) is 0 Å². The van der Waals surface area contributed by atoms with Crippen LogP contribution < -0.4 is 10.1 Å². The van der Waals surface area contributed by atoms with Crippen molar-refractivity contribution in [3.63, 3.8) is 0 Å². The average Bonchev–Trinajstić information content (AvgIpc) is 2.45. The Morgan fingerprint density at radius 2 is 1.95 bits per heavy atom. The fourth-order valence-corrected chi connectivity index (χ4v) is 2.59. The molecule has 0 spiro atoms. The van der Waals surface area contributed by atoms with Crippen LogP contribution in [0.25, 0.3) is 0 Å².